The Balaban J connectivity index is 2.04. The second-order valence-corrected chi connectivity index (χ2v) is 7.17. The quantitative estimate of drug-likeness (QED) is 0.651. The van der Waals surface area contributed by atoms with E-state index < -0.39 is 40.4 Å². The van der Waals surface area contributed by atoms with Crippen molar-refractivity contribution in [1.82, 2.24) is 5.32 Å². The molecule has 2 N–H and O–H groups in total. The van der Waals surface area contributed by atoms with E-state index in [0.717, 1.165) is 18.2 Å². The zero-order valence-corrected chi connectivity index (χ0v) is 16.0. The highest BCUT2D eigenvalue weighted by molar-refractivity contribution is 7.92. The highest BCUT2D eigenvalue weighted by Crippen LogP contribution is 2.18. The zero-order chi connectivity index (χ0) is 21.4. The Kier molecular flexibility index (Phi) is 7.26. The molecule has 0 aliphatic rings. The Morgan fingerprint density at radius 1 is 1.03 bits per heavy atom. The third kappa shape index (κ3) is 6.57. The van der Waals surface area contributed by atoms with Gasteiger partial charge in [0.1, 0.15) is 5.82 Å². The largest absolute Gasteiger partial charge is 0.452 e. The van der Waals surface area contributed by atoms with Gasteiger partial charge in [-0.25, -0.2) is 22.4 Å². The fraction of sp³-hybridized carbons (Fsp3) is 0.167. The maximum absolute atomic E-state index is 12.9. The molecule has 0 bridgehead atoms. The topological polar surface area (TPSA) is 128 Å². The Morgan fingerprint density at radius 2 is 1.72 bits per heavy atom. The number of nitrogens with one attached hydrogen (secondary N) is 2. The molecule has 0 heterocycles. The van der Waals surface area contributed by atoms with Crippen molar-refractivity contribution < 1.29 is 36.7 Å². The number of benzene rings is 2. The average Bonchev–Trinajstić information content (AvgIpc) is 2.68. The molecule has 0 aromatic heterocycles. The van der Waals surface area contributed by atoms with Crippen molar-refractivity contribution in [2.24, 2.45) is 0 Å². The number of amides is 2. The number of carbonyl (C=O) groups excluding carboxylic acids is 3. The zero-order valence-electron chi connectivity index (χ0n) is 15.2. The van der Waals surface area contributed by atoms with Gasteiger partial charge in [0.15, 0.2) is 6.61 Å². The van der Waals surface area contributed by atoms with Crippen LogP contribution in [0.25, 0.3) is 0 Å². The van der Waals surface area contributed by atoms with Crippen LogP contribution >= 0.6 is 0 Å². The number of hydrogen-bond acceptors (Lipinski definition) is 7. The van der Waals surface area contributed by atoms with E-state index in [2.05, 4.69) is 9.46 Å². The van der Waals surface area contributed by atoms with Gasteiger partial charge in [-0.1, -0.05) is 6.07 Å². The summed E-state index contributed by atoms with van der Waals surface area (Å²) < 4.78 is 49.3. The Morgan fingerprint density at radius 3 is 2.38 bits per heavy atom. The summed E-state index contributed by atoms with van der Waals surface area (Å²) in [5.41, 5.74) is 0.00549. The molecule has 0 radical (unpaired) electrons. The highest BCUT2D eigenvalue weighted by atomic mass is 32.2. The number of imide groups is 1. The first-order valence-corrected chi connectivity index (χ1v) is 9.72. The lowest BCUT2D eigenvalue weighted by Gasteiger charge is -2.10. The molecule has 0 saturated carbocycles. The van der Waals surface area contributed by atoms with Crippen LogP contribution < -0.4 is 10.0 Å². The number of sulfonamides is 1. The van der Waals surface area contributed by atoms with Gasteiger partial charge in [-0.3, -0.25) is 14.8 Å². The van der Waals surface area contributed by atoms with Crippen LogP contribution in [0, 0.1) is 5.82 Å². The van der Waals surface area contributed by atoms with Gasteiger partial charge < -0.3 is 9.47 Å². The fourth-order valence-corrected chi connectivity index (χ4v) is 3.16. The molecule has 2 aromatic rings. The van der Waals surface area contributed by atoms with Crippen LogP contribution in [0.2, 0.25) is 0 Å². The summed E-state index contributed by atoms with van der Waals surface area (Å²) in [6.45, 7) is 0.852. The van der Waals surface area contributed by atoms with Gasteiger partial charge in [-0.05, 0) is 49.4 Å². The van der Waals surface area contributed by atoms with Crippen LogP contribution in [0.15, 0.2) is 53.4 Å². The van der Waals surface area contributed by atoms with Gasteiger partial charge in [0.25, 0.3) is 15.9 Å². The first-order valence-electron chi connectivity index (χ1n) is 8.23. The van der Waals surface area contributed by atoms with Crippen LogP contribution in [0.1, 0.15) is 17.3 Å². The van der Waals surface area contributed by atoms with E-state index in [1.807, 2.05) is 5.32 Å². The van der Waals surface area contributed by atoms with Crippen LogP contribution in [0.3, 0.4) is 0 Å². The van der Waals surface area contributed by atoms with Crippen molar-refractivity contribution in [2.75, 3.05) is 17.9 Å². The third-order valence-electron chi connectivity index (χ3n) is 3.33. The molecule has 2 rings (SSSR count). The first-order chi connectivity index (χ1) is 13.7. The first kappa shape index (κ1) is 21.8. The number of rotatable bonds is 7. The van der Waals surface area contributed by atoms with Crippen LogP contribution in [0.5, 0.6) is 0 Å². The molecule has 0 unspecified atom stereocenters. The number of anilines is 1. The average molecular weight is 424 g/mol. The normalized spacial score (nSPS) is 10.7. The molecule has 0 aliphatic heterocycles. The molecule has 0 saturated heterocycles. The molecule has 0 aliphatic carbocycles. The van der Waals surface area contributed by atoms with E-state index in [1.54, 1.807) is 6.92 Å². The van der Waals surface area contributed by atoms with Crippen LogP contribution in [-0.4, -0.2) is 39.6 Å². The summed E-state index contributed by atoms with van der Waals surface area (Å²) >= 11 is 0. The number of hydrogen-bond donors (Lipinski definition) is 2. The minimum atomic E-state index is -4.06. The smallest absolute Gasteiger partial charge is 0.413 e. The molecule has 11 heteroatoms. The second-order valence-electron chi connectivity index (χ2n) is 5.49. The molecule has 9 nitrogen and oxygen atoms in total. The van der Waals surface area contributed by atoms with Crippen molar-refractivity contribution in [3.63, 3.8) is 0 Å². The Hall–Kier alpha value is -3.47. The van der Waals surface area contributed by atoms with Crippen molar-refractivity contribution >= 4 is 33.7 Å². The van der Waals surface area contributed by atoms with Gasteiger partial charge in [-0.15, -0.1) is 0 Å². The molecule has 2 amide bonds. The van der Waals surface area contributed by atoms with Crippen LogP contribution in [0.4, 0.5) is 14.9 Å². The summed E-state index contributed by atoms with van der Waals surface area (Å²) in [6.07, 6.45) is -0.978. The minimum Gasteiger partial charge on any atom is -0.452 e. The summed E-state index contributed by atoms with van der Waals surface area (Å²) in [5, 5.41) is 1.84. The van der Waals surface area contributed by atoms with Crippen molar-refractivity contribution in [3.05, 3.63) is 59.9 Å². The standard InChI is InChI=1S/C18H17FN2O7S/c1-2-27-18(24)20-16(22)11-28-17(23)12-4-3-5-15(10-12)29(25,26)21-14-8-6-13(19)7-9-14/h3-10,21H,2,11H2,1H3,(H,20,22,24). The van der Waals surface area contributed by atoms with E-state index in [-0.39, 0.29) is 22.8 Å². The molecule has 0 fully saturated rings. The number of carbonyl (C=O) groups is 3. The fourth-order valence-electron chi connectivity index (χ4n) is 2.05. The monoisotopic (exact) mass is 424 g/mol. The maximum atomic E-state index is 12.9. The summed E-state index contributed by atoms with van der Waals surface area (Å²) in [6, 6.07) is 9.57. The van der Waals surface area contributed by atoms with Crippen molar-refractivity contribution in [1.29, 1.82) is 0 Å². The molecular weight excluding hydrogens is 407 g/mol. The predicted octanol–water partition coefficient (Wildman–Crippen LogP) is 2.06. The molecule has 29 heavy (non-hydrogen) atoms. The van der Waals surface area contributed by atoms with E-state index in [1.165, 1.54) is 30.3 Å². The molecular formula is C18H17FN2O7S. The lowest BCUT2D eigenvalue weighted by atomic mass is 10.2. The molecule has 154 valence electrons. The number of ether oxygens (including phenoxy) is 2. The van der Waals surface area contributed by atoms with Crippen molar-refractivity contribution in [3.8, 4) is 0 Å². The van der Waals surface area contributed by atoms with Crippen LogP contribution in [-0.2, 0) is 24.3 Å². The lowest BCUT2D eigenvalue weighted by molar-refractivity contribution is -0.123. The van der Waals surface area contributed by atoms with E-state index in [9.17, 15) is 27.2 Å². The van der Waals surface area contributed by atoms with Gasteiger partial charge in [0.05, 0.1) is 17.1 Å². The number of esters is 1. The SMILES string of the molecule is CCOC(=O)NC(=O)COC(=O)c1cccc(S(=O)(=O)Nc2ccc(F)cc2)c1. The van der Waals surface area contributed by atoms with Gasteiger partial charge >= 0.3 is 12.1 Å². The van der Waals surface area contributed by atoms with E-state index in [0.29, 0.717) is 0 Å². The van der Waals surface area contributed by atoms with Gasteiger partial charge in [0, 0.05) is 5.69 Å². The van der Waals surface area contributed by atoms with Gasteiger partial charge in [0.2, 0.25) is 0 Å². The highest BCUT2D eigenvalue weighted by Gasteiger charge is 2.18. The Labute approximate surface area is 165 Å². The second kappa shape index (κ2) is 9.64. The number of alkyl carbamates (subject to hydrolysis) is 1. The number of halogens is 1. The Bertz CT molecular complexity index is 1010. The molecule has 0 spiro atoms. The lowest BCUT2D eigenvalue weighted by Crippen LogP contribution is -2.34. The van der Waals surface area contributed by atoms with Crippen molar-refractivity contribution in [2.45, 2.75) is 11.8 Å². The third-order valence-corrected chi connectivity index (χ3v) is 4.71. The summed E-state index contributed by atoms with van der Waals surface area (Å²) in [4.78, 5) is 34.4. The predicted molar refractivity (Wildman–Crippen MR) is 99.1 cm³/mol. The van der Waals surface area contributed by atoms with E-state index >= 15 is 0 Å². The minimum absolute atomic E-state index is 0.0616. The molecule has 2 aromatic carbocycles. The summed E-state index contributed by atoms with van der Waals surface area (Å²) in [7, 11) is -4.06. The van der Waals surface area contributed by atoms with E-state index in [4.69, 9.17) is 4.74 Å². The maximum Gasteiger partial charge on any atom is 0.413 e. The molecule has 0 atom stereocenters. The van der Waals surface area contributed by atoms with Gasteiger partial charge in [-0.2, -0.15) is 0 Å². The summed E-state index contributed by atoms with van der Waals surface area (Å²) in [5.74, 6) is -2.40.